The maximum absolute atomic E-state index is 12.8. The fraction of sp³-hybridized carbons (Fsp3) is 0.685. The van der Waals surface area contributed by atoms with E-state index in [0.717, 1.165) is 128 Å². The molecule has 0 fully saturated rings. The van der Waals surface area contributed by atoms with Crippen molar-refractivity contribution in [1.29, 1.82) is 0 Å². The molecule has 0 aliphatic carbocycles. The Morgan fingerprint density at radius 3 is 0.772 bits per heavy atom. The lowest BCUT2D eigenvalue weighted by atomic mass is 10.0. The third-order valence-electron chi connectivity index (χ3n) is 14.0. The molecule has 0 aromatic heterocycles. The molecule has 0 aromatic rings. The Hall–Kier alpha value is -4.19. The predicted molar refractivity (Wildman–Crippen MR) is 343 cm³/mol. The van der Waals surface area contributed by atoms with Gasteiger partial charge in [-0.05, 0) is 109 Å². The predicted octanol–water partition coefficient (Wildman–Crippen LogP) is 22.8. The van der Waals surface area contributed by atoms with E-state index in [0.29, 0.717) is 19.3 Å². The average Bonchev–Trinajstić information content (AvgIpc) is 3.45. The van der Waals surface area contributed by atoms with Crippen LogP contribution in [0, 0.1) is 0 Å². The van der Waals surface area contributed by atoms with Gasteiger partial charge >= 0.3 is 17.9 Å². The second-order valence-corrected chi connectivity index (χ2v) is 21.6. The summed E-state index contributed by atoms with van der Waals surface area (Å²) >= 11 is 0. The Bertz CT molecular complexity index is 1640. The van der Waals surface area contributed by atoms with E-state index in [2.05, 4.69) is 142 Å². The Morgan fingerprint density at radius 1 is 0.266 bits per heavy atom. The van der Waals surface area contributed by atoms with Crippen molar-refractivity contribution in [2.75, 3.05) is 13.2 Å². The molecule has 0 aromatic carbocycles. The Balaban J connectivity index is 4.04. The minimum absolute atomic E-state index is 0.0796. The number of allylic oxidation sites excluding steroid dienone is 20. The van der Waals surface area contributed by atoms with E-state index in [1.165, 1.54) is 135 Å². The van der Waals surface area contributed by atoms with Crippen molar-refractivity contribution in [2.24, 2.45) is 0 Å². The molecule has 0 saturated heterocycles. The molecule has 0 amide bonds. The Labute approximate surface area is 488 Å². The van der Waals surface area contributed by atoms with Crippen LogP contribution in [0.1, 0.15) is 303 Å². The van der Waals surface area contributed by atoms with Gasteiger partial charge in [0.15, 0.2) is 6.10 Å². The lowest BCUT2D eigenvalue weighted by Crippen LogP contribution is -2.30. The van der Waals surface area contributed by atoms with Crippen LogP contribution in [0.15, 0.2) is 122 Å². The molecule has 0 saturated carbocycles. The van der Waals surface area contributed by atoms with E-state index >= 15 is 0 Å². The summed E-state index contributed by atoms with van der Waals surface area (Å²) in [6.45, 7) is 6.34. The van der Waals surface area contributed by atoms with Crippen LogP contribution in [0.3, 0.4) is 0 Å². The molecule has 1 unspecified atom stereocenters. The van der Waals surface area contributed by atoms with Crippen LogP contribution in [-0.2, 0) is 28.6 Å². The fourth-order valence-corrected chi connectivity index (χ4v) is 9.09. The minimum Gasteiger partial charge on any atom is -0.462 e. The fourth-order valence-electron chi connectivity index (χ4n) is 9.09. The largest absolute Gasteiger partial charge is 0.462 e. The van der Waals surface area contributed by atoms with Crippen molar-refractivity contribution in [3.05, 3.63) is 122 Å². The van der Waals surface area contributed by atoms with Gasteiger partial charge < -0.3 is 14.2 Å². The van der Waals surface area contributed by atoms with Gasteiger partial charge in [0.2, 0.25) is 0 Å². The van der Waals surface area contributed by atoms with Crippen molar-refractivity contribution in [2.45, 2.75) is 309 Å². The lowest BCUT2D eigenvalue weighted by Gasteiger charge is -2.18. The summed E-state index contributed by atoms with van der Waals surface area (Å²) in [6, 6.07) is 0. The normalized spacial score (nSPS) is 12.9. The van der Waals surface area contributed by atoms with Gasteiger partial charge in [0.1, 0.15) is 13.2 Å². The number of rotatable bonds is 59. The van der Waals surface area contributed by atoms with Crippen LogP contribution in [-0.4, -0.2) is 37.2 Å². The number of ether oxygens (including phenoxy) is 3. The maximum Gasteiger partial charge on any atom is 0.306 e. The van der Waals surface area contributed by atoms with Crippen LogP contribution in [0.5, 0.6) is 0 Å². The van der Waals surface area contributed by atoms with Gasteiger partial charge in [0.05, 0.1) is 0 Å². The van der Waals surface area contributed by atoms with E-state index in [-0.39, 0.29) is 31.1 Å². The molecule has 79 heavy (non-hydrogen) atoms. The highest BCUT2D eigenvalue weighted by Gasteiger charge is 2.19. The summed E-state index contributed by atoms with van der Waals surface area (Å²) in [5.74, 6) is -0.892. The quantitative estimate of drug-likeness (QED) is 0.0261. The third-order valence-corrected chi connectivity index (χ3v) is 14.0. The van der Waals surface area contributed by atoms with E-state index in [9.17, 15) is 14.4 Å². The summed E-state index contributed by atoms with van der Waals surface area (Å²) in [5.41, 5.74) is 0. The monoisotopic (exact) mass is 1090 g/mol. The van der Waals surface area contributed by atoms with E-state index < -0.39 is 6.10 Å². The van der Waals surface area contributed by atoms with Gasteiger partial charge in [-0.25, -0.2) is 0 Å². The van der Waals surface area contributed by atoms with Crippen LogP contribution in [0.2, 0.25) is 0 Å². The van der Waals surface area contributed by atoms with Gasteiger partial charge in [0, 0.05) is 19.3 Å². The second kappa shape index (κ2) is 66.3. The molecule has 6 heteroatoms. The van der Waals surface area contributed by atoms with Gasteiger partial charge in [-0.15, -0.1) is 0 Å². The Morgan fingerprint density at radius 2 is 0.494 bits per heavy atom. The van der Waals surface area contributed by atoms with Gasteiger partial charge in [-0.1, -0.05) is 296 Å². The molecule has 0 radical (unpaired) electrons. The van der Waals surface area contributed by atoms with Crippen molar-refractivity contribution < 1.29 is 28.6 Å². The summed E-state index contributed by atoms with van der Waals surface area (Å²) in [6.07, 6.45) is 92.6. The van der Waals surface area contributed by atoms with Crippen molar-refractivity contribution >= 4 is 17.9 Å². The van der Waals surface area contributed by atoms with Crippen LogP contribution in [0.25, 0.3) is 0 Å². The molecule has 6 nitrogen and oxygen atoms in total. The second-order valence-electron chi connectivity index (χ2n) is 21.6. The zero-order valence-corrected chi connectivity index (χ0v) is 51.6. The molecular weight excluding hydrogens is 973 g/mol. The smallest absolute Gasteiger partial charge is 0.306 e. The number of esters is 3. The standard InChI is InChI=1S/C73H122O6/c1-4-7-10-13-15-17-19-21-23-25-27-29-31-33-35-36-38-39-41-43-45-47-49-51-53-55-57-60-63-66-72(75)78-69-70(68-77-71(74)65-62-59-12-9-6-3)79-73(76)67-64-61-58-56-54-52-50-48-46-44-42-40-37-34-32-30-28-26-24-22-20-18-16-14-11-8-5-2/h7-8,10-11,15-18,21-24,27-30,33-35,37,70H,4-6,9,12-14,19-20,25-26,31-32,36,38-69H2,1-3H3/b10-7-,11-8-,17-15-,18-16-,23-21-,24-22-,29-27-,30-28-,35-33-,37-34-. The summed E-state index contributed by atoms with van der Waals surface area (Å²) < 4.78 is 16.8. The van der Waals surface area contributed by atoms with E-state index in [4.69, 9.17) is 14.2 Å². The van der Waals surface area contributed by atoms with E-state index in [1.54, 1.807) is 0 Å². The minimum atomic E-state index is -0.779. The number of hydrogen-bond acceptors (Lipinski definition) is 6. The molecule has 1 atom stereocenters. The Kier molecular flexibility index (Phi) is 62.8. The zero-order chi connectivity index (χ0) is 57.1. The molecule has 450 valence electrons. The van der Waals surface area contributed by atoms with Gasteiger partial charge in [-0.3, -0.25) is 14.4 Å². The number of carbonyl (C=O) groups excluding carboxylic acids is 3. The topological polar surface area (TPSA) is 78.9 Å². The van der Waals surface area contributed by atoms with Crippen molar-refractivity contribution in [3.63, 3.8) is 0 Å². The molecule has 0 aliphatic heterocycles. The highest BCUT2D eigenvalue weighted by Crippen LogP contribution is 2.16. The zero-order valence-electron chi connectivity index (χ0n) is 51.6. The van der Waals surface area contributed by atoms with Gasteiger partial charge in [-0.2, -0.15) is 0 Å². The highest BCUT2D eigenvalue weighted by atomic mass is 16.6. The average molecular weight is 1100 g/mol. The molecule has 0 rings (SSSR count). The van der Waals surface area contributed by atoms with Gasteiger partial charge in [0.25, 0.3) is 0 Å². The summed E-state index contributed by atoms with van der Waals surface area (Å²) in [5, 5.41) is 0. The maximum atomic E-state index is 12.8. The molecule has 0 N–H and O–H groups in total. The van der Waals surface area contributed by atoms with E-state index in [1.807, 2.05) is 0 Å². The first-order chi connectivity index (χ1) is 39.0. The number of hydrogen-bond donors (Lipinski definition) is 0. The number of carbonyl (C=O) groups is 3. The first-order valence-corrected chi connectivity index (χ1v) is 33.0. The van der Waals surface area contributed by atoms with Crippen LogP contribution in [0.4, 0.5) is 0 Å². The van der Waals surface area contributed by atoms with Crippen LogP contribution < -0.4 is 0 Å². The molecular formula is C73H122O6. The van der Waals surface area contributed by atoms with Crippen molar-refractivity contribution in [3.8, 4) is 0 Å². The molecule has 0 aliphatic rings. The third kappa shape index (κ3) is 64.5. The van der Waals surface area contributed by atoms with Crippen LogP contribution >= 0.6 is 0 Å². The first kappa shape index (κ1) is 74.8. The summed E-state index contributed by atoms with van der Waals surface area (Å²) in [7, 11) is 0. The lowest BCUT2D eigenvalue weighted by molar-refractivity contribution is -0.167. The molecule has 0 bridgehead atoms. The number of unbranched alkanes of at least 4 members (excludes halogenated alkanes) is 28. The first-order valence-electron chi connectivity index (χ1n) is 33.0. The summed E-state index contributed by atoms with van der Waals surface area (Å²) in [4.78, 5) is 38.0. The molecule has 0 spiro atoms. The highest BCUT2D eigenvalue weighted by molar-refractivity contribution is 5.71. The SMILES string of the molecule is CC/C=C\C/C=C\C/C=C\C/C=C\C/C=C\CCCCCCCCCCCCCCCC(=O)OCC(COC(=O)CCCCCCC)OC(=O)CCCCCCCCCCCCC/C=C\C/C=C\C/C=C\C/C=C\C/C=C\CC. The van der Waals surface area contributed by atoms with Crippen molar-refractivity contribution in [1.82, 2.24) is 0 Å². The molecule has 0 heterocycles.